The molecule has 3 aliphatic heterocycles. The molecule has 0 radical (unpaired) electrons. The van der Waals surface area contributed by atoms with Crippen LogP contribution in [0.1, 0.15) is 45.4 Å². The van der Waals surface area contributed by atoms with Crippen molar-refractivity contribution in [1.82, 2.24) is 14.7 Å². The quantitative estimate of drug-likeness (QED) is 0.830. The first-order chi connectivity index (χ1) is 10.1. The summed E-state index contributed by atoms with van der Waals surface area (Å²) in [7, 11) is 4.66. The first-order valence-electron chi connectivity index (χ1n) is 8.97. The van der Waals surface area contributed by atoms with E-state index in [0.29, 0.717) is 0 Å². The van der Waals surface area contributed by atoms with Crippen molar-refractivity contribution in [2.24, 2.45) is 5.73 Å². The monoisotopic (exact) mass is 294 g/mol. The van der Waals surface area contributed by atoms with Crippen LogP contribution in [0.4, 0.5) is 0 Å². The number of hydrogen-bond acceptors (Lipinski definition) is 4. The molecule has 0 aromatic rings. The molecule has 0 spiro atoms. The largest absolute Gasteiger partial charge is 0.329 e. The van der Waals surface area contributed by atoms with Gasteiger partial charge in [0.05, 0.1) is 0 Å². The summed E-state index contributed by atoms with van der Waals surface area (Å²) in [5.74, 6) is 0. The van der Waals surface area contributed by atoms with E-state index in [4.69, 9.17) is 5.73 Å². The highest BCUT2D eigenvalue weighted by atomic mass is 15.3. The van der Waals surface area contributed by atoms with Gasteiger partial charge in [0.15, 0.2) is 0 Å². The van der Waals surface area contributed by atoms with Crippen LogP contribution in [0.5, 0.6) is 0 Å². The summed E-state index contributed by atoms with van der Waals surface area (Å²) in [4.78, 5) is 7.92. The van der Waals surface area contributed by atoms with Crippen molar-refractivity contribution < 1.29 is 0 Å². The number of rotatable bonds is 5. The summed E-state index contributed by atoms with van der Waals surface area (Å²) >= 11 is 0. The Bertz CT molecular complexity index is 345. The van der Waals surface area contributed by atoms with Gasteiger partial charge in [0.25, 0.3) is 0 Å². The predicted octanol–water partition coefficient (Wildman–Crippen LogP) is 1.36. The maximum atomic E-state index is 6.30. The summed E-state index contributed by atoms with van der Waals surface area (Å²) < 4.78 is 0. The van der Waals surface area contributed by atoms with Crippen molar-refractivity contribution in [3.63, 3.8) is 0 Å². The third-order valence-corrected chi connectivity index (χ3v) is 6.80. The highest BCUT2D eigenvalue weighted by Gasteiger charge is 2.48. The van der Waals surface area contributed by atoms with E-state index in [1.165, 1.54) is 58.2 Å². The molecule has 0 saturated carbocycles. The topological polar surface area (TPSA) is 35.7 Å². The first kappa shape index (κ1) is 15.7. The average Bonchev–Trinajstić information content (AvgIpc) is 3.00. The lowest BCUT2D eigenvalue weighted by atomic mass is 9.81. The van der Waals surface area contributed by atoms with Crippen LogP contribution in [0.25, 0.3) is 0 Å². The molecule has 122 valence electrons. The van der Waals surface area contributed by atoms with Crippen molar-refractivity contribution in [3.8, 4) is 0 Å². The summed E-state index contributed by atoms with van der Waals surface area (Å²) in [6, 6.07) is 2.28. The molecule has 0 aromatic heterocycles. The molecule has 3 atom stereocenters. The van der Waals surface area contributed by atoms with E-state index >= 15 is 0 Å². The zero-order valence-electron chi connectivity index (χ0n) is 14.2. The van der Waals surface area contributed by atoms with Crippen LogP contribution in [0.15, 0.2) is 0 Å². The minimum atomic E-state index is 0.250. The highest BCUT2D eigenvalue weighted by molar-refractivity contribution is 5.06. The van der Waals surface area contributed by atoms with Gasteiger partial charge in [0.2, 0.25) is 0 Å². The molecule has 3 unspecified atom stereocenters. The Hall–Kier alpha value is -0.160. The van der Waals surface area contributed by atoms with Gasteiger partial charge >= 0.3 is 0 Å². The second-order valence-corrected chi connectivity index (χ2v) is 7.69. The van der Waals surface area contributed by atoms with E-state index in [0.717, 1.165) is 24.7 Å². The Kier molecular flexibility index (Phi) is 4.60. The zero-order valence-corrected chi connectivity index (χ0v) is 14.2. The summed E-state index contributed by atoms with van der Waals surface area (Å²) in [6.07, 6.45) is 8.03. The minimum absolute atomic E-state index is 0.250. The molecule has 3 rings (SSSR count). The molecule has 2 bridgehead atoms. The Morgan fingerprint density at radius 2 is 1.86 bits per heavy atom. The Labute approximate surface area is 130 Å². The van der Waals surface area contributed by atoms with E-state index in [1.807, 2.05) is 0 Å². The molecule has 2 N–H and O–H groups in total. The SMILES string of the molecule is CCN1CCCC1CN(C)C1(CN)CC2CCC(C1)N2C. The molecule has 0 aliphatic carbocycles. The summed E-state index contributed by atoms with van der Waals surface area (Å²) in [5, 5.41) is 0. The molecule has 3 aliphatic rings. The van der Waals surface area contributed by atoms with Crippen LogP contribution in [-0.2, 0) is 0 Å². The normalized spacial score (nSPS) is 41.3. The van der Waals surface area contributed by atoms with Crippen molar-refractivity contribution in [3.05, 3.63) is 0 Å². The fourth-order valence-corrected chi connectivity index (χ4v) is 5.20. The lowest BCUT2D eigenvalue weighted by molar-refractivity contribution is 0.00511. The van der Waals surface area contributed by atoms with Gasteiger partial charge in [-0.15, -0.1) is 0 Å². The van der Waals surface area contributed by atoms with Crippen molar-refractivity contribution in [2.75, 3.05) is 40.3 Å². The van der Waals surface area contributed by atoms with E-state index < -0.39 is 0 Å². The van der Waals surface area contributed by atoms with Crippen LogP contribution >= 0.6 is 0 Å². The predicted molar refractivity (Wildman–Crippen MR) is 88.5 cm³/mol. The van der Waals surface area contributed by atoms with Crippen LogP contribution in [0.3, 0.4) is 0 Å². The fourth-order valence-electron chi connectivity index (χ4n) is 5.20. The number of piperidine rings is 1. The number of fused-ring (bicyclic) bond motifs is 2. The third kappa shape index (κ3) is 2.76. The van der Waals surface area contributed by atoms with Gasteiger partial charge in [-0.2, -0.15) is 0 Å². The van der Waals surface area contributed by atoms with Gasteiger partial charge in [0, 0.05) is 36.8 Å². The Morgan fingerprint density at radius 1 is 1.19 bits per heavy atom. The second kappa shape index (κ2) is 6.15. The van der Waals surface area contributed by atoms with Gasteiger partial charge in [-0.1, -0.05) is 6.92 Å². The Balaban J connectivity index is 1.68. The van der Waals surface area contributed by atoms with Crippen LogP contribution < -0.4 is 5.73 Å². The Morgan fingerprint density at radius 3 is 2.43 bits per heavy atom. The lowest BCUT2D eigenvalue weighted by Crippen LogP contribution is -2.62. The molecule has 4 heteroatoms. The number of likely N-dealkylation sites (tertiary alicyclic amines) is 1. The number of nitrogens with zero attached hydrogens (tertiary/aromatic N) is 3. The lowest BCUT2D eigenvalue weighted by Gasteiger charge is -2.50. The zero-order chi connectivity index (χ0) is 15.0. The molecule has 3 fully saturated rings. The van der Waals surface area contributed by atoms with Crippen LogP contribution in [0.2, 0.25) is 0 Å². The number of hydrogen-bond donors (Lipinski definition) is 1. The summed E-state index contributed by atoms with van der Waals surface area (Å²) in [6.45, 7) is 6.81. The van der Waals surface area contributed by atoms with Crippen molar-refractivity contribution in [2.45, 2.75) is 69.1 Å². The molecular weight excluding hydrogens is 260 g/mol. The minimum Gasteiger partial charge on any atom is -0.329 e. The van der Waals surface area contributed by atoms with E-state index in [1.54, 1.807) is 0 Å². The first-order valence-corrected chi connectivity index (χ1v) is 8.97. The van der Waals surface area contributed by atoms with Gasteiger partial charge in [0.1, 0.15) is 0 Å². The van der Waals surface area contributed by atoms with Crippen LogP contribution in [0, 0.1) is 0 Å². The smallest absolute Gasteiger partial charge is 0.0359 e. The molecule has 0 amide bonds. The van der Waals surface area contributed by atoms with Crippen molar-refractivity contribution >= 4 is 0 Å². The molecule has 3 saturated heterocycles. The molecule has 0 aromatic carbocycles. The molecule has 3 heterocycles. The van der Waals surface area contributed by atoms with Crippen molar-refractivity contribution in [1.29, 1.82) is 0 Å². The maximum Gasteiger partial charge on any atom is 0.0359 e. The highest BCUT2D eigenvalue weighted by Crippen LogP contribution is 2.42. The average molecular weight is 294 g/mol. The number of likely N-dealkylation sites (N-methyl/N-ethyl adjacent to an activating group) is 2. The second-order valence-electron chi connectivity index (χ2n) is 7.69. The van der Waals surface area contributed by atoms with Gasteiger partial charge in [-0.3, -0.25) is 9.80 Å². The summed E-state index contributed by atoms with van der Waals surface area (Å²) in [5.41, 5.74) is 6.55. The maximum absolute atomic E-state index is 6.30. The van der Waals surface area contributed by atoms with Gasteiger partial charge < -0.3 is 10.6 Å². The molecule has 4 nitrogen and oxygen atoms in total. The molecular formula is C17H34N4. The molecule has 21 heavy (non-hydrogen) atoms. The third-order valence-electron chi connectivity index (χ3n) is 6.80. The van der Waals surface area contributed by atoms with Gasteiger partial charge in [-0.25, -0.2) is 0 Å². The fraction of sp³-hybridized carbons (Fsp3) is 1.00. The standard InChI is InChI=1S/C17H34N4/c1-4-21-9-5-6-16(21)12-19(2)17(13-18)10-14-7-8-15(11-17)20(14)3/h14-16H,4-13,18H2,1-3H3. The van der Waals surface area contributed by atoms with Crippen LogP contribution in [-0.4, -0.2) is 78.6 Å². The van der Waals surface area contributed by atoms with E-state index in [9.17, 15) is 0 Å². The van der Waals surface area contributed by atoms with E-state index in [-0.39, 0.29) is 5.54 Å². The number of nitrogens with two attached hydrogens (primary N) is 1. The van der Waals surface area contributed by atoms with Gasteiger partial charge in [-0.05, 0) is 65.7 Å². The van der Waals surface area contributed by atoms with E-state index in [2.05, 4.69) is 35.7 Å².